The van der Waals surface area contributed by atoms with E-state index in [9.17, 15) is 9.59 Å². The molecule has 0 unspecified atom stereocenters. The van der Waals surface area contributed by atoms with Crippen LogP contribution in [0.15, 0.2) is 36.4 Å². The lowest BCUT2D eigenvalue weighted by molar-refractivity contribution is -0.117. The van der Waals surface area contributed by atoms with Crippen molar-refractivity contribution in [2.24, 2.45) is 0 Å². The number of fused-ring (bicyclic) bond motifs is 1. The maximum absolute atomic E-state index is 12.3. The summed E-state index contributed by atoms with van der Waals surface area (Å²) in [6.07, 6.45) is 0.344. The van der Waals surface area contributed by atoms with Gasteiger partial charge in [-0.2, -0.15) is 0 Å². The quantitative estimate of drug-likeness (QED) is 0.908. The van der Waals surface area contributed by atoms with Crippen LogP contribution < -0.4 is 10.2 Å². The van der Waals surface area contributed by atoms with Crippen LogP contribution in [0.25, 0.3) is 0 Å². The molecule has 0 spiro atoms. The number of carbonyl (C=O) groups excluding carboxylic acids is 2. The molecule has 0 saturated carbocycles. The lowest BCUT2D eigenvalue weighted by Crippen LogP contribution is -2.20. The van der Waals surface area contributed by atoms with Crippen molar-refractivity contribution in [3.63, 3.8) is 0 Å². The van der Waals surface area contributed by atoms with Crippen molar-refractivity contribution in [3.05, 3.63) is 57.6 Å². The van der Waals surface area contributed by atoms with Crippen LogP contribution in [-0.4, -0.2) is 18.9 Å². The minimum atomic E-state index is -0.320. The molecule has 1 heterocycles. The van der Waals surface area contributed by atoms with Crippen molar-refractivity contribution >= 4 is 46.4 Å². The number of amides is 2. The Balaban J connectivity index is 1.84. The van der Waals surface area contributed by atoms with E-state index in [1.165, 1.54) is 6.07 Å². The lowest BCUT2D eigenvalue weighted by atomic mass is 10.1. The lowest BCUT2D eigenvalue weighted by Gasteiger charge is -2.11. The van der Waals surface area contributed by atoms with Gasteiger partial charge < -0.3 is 10.2 Å². The van der Waals surface area contributed by atoms with Crippen LogP contribution in [0.1, 0.15) is 15.9 Å². The van der Waals surface area contributed by atoms with Gasteiger partial charge in [-0.05, 0) is 42.0 Å². The van der Waals surface area contributed by atoms with E-state index in [0.717, 1.165) is 11.3 Å². The summed E-state index contributed by atoms with van der Waals surface area (Å²) in [6, 6.07) is 10.1. The fraction of sp³-hybridized carbons (Fsp3) is 0.125. The van der Waals surface area contributed by atoms with Gasteiger partial charge in [0.15, 0.2) is 0 Å². The molecule has 1 aliphatic rings. The molecule has 4 nitrogen and oxygen atoms in total. The highest BCUT2D eigenvalue weighted by Crippen LogP contribution is 2.30. The van der Waals surface area contributed by atoms with E-state index in [-0.39, 0.29) is 11.8 Å². The molecule has 0 saturated heterocycles. The number of carbonyl (C=O) groups is 2. The third-order valence-corrected chi connectivity index (χ3v) is 4.14. The minimum absolute atomic E-state index is 0.0409. The molecule has 0 aromatic heterocycles. The Morgan fingerprint density at radius 1 is 1.18 bits per heavy atom. The van der Waals surface area contributed by atoms with Crippen LogP contribution in [0, 0.1) is 0 Å². The van der Waals surface area contributed by atoms with E-state index in [1.54, 1.807) is 36.2 Å². The molecule has 112 valence electrons. The zero-order chi connectivity index (χ0) is 15.9. The van der Waals surface area contributed by atoms with Crippen LogP contribution in [-0.2, 0) is 11.2 Å². The Morgan fingerprint density at radius 3 is 2.68 bits per heavy atom. The summed E-state index contributed by atoms with van der Waals surface area (Å²) < 4.78 is 0. The molecule has 1 aliphatic heterocycles. The Bertz CT molecular complexity index is 790. The third kappa shape index (κ3) is 2.67. The molecule has 0 aliphatic carbocycles. The molecule has 6 heteroatoms. The van der Waals surface area contributed by atoms with Crippen molar-refractivity contribution in [1.82, 2.24) is 0 Å². The monoisotopic (exact) mass is 334 g/mol. The van der Waals surface area contributed by atoms with Gasteiger partial charge in [-0.15, -0.1) is 0 Å². The summed E-state index contributed by atoms with van der Waals surface area (Å²) in [5, 5.41) is 3.55. The number of halogens is 2. The van der Waals surface area contributed by atoms with Crippen molar-refractivity contribution in [2.75, 3.05) is 17.3 Å². The van der Waals surface area contributed by atoms with Gasteiger partial charge in [-0.1, -0.05) is 23.2 Å². The molecule has 0 radical (unpaired) electrons. The second-order valence-electron chi connectivity index (χ2n) is 5.05. The summed E-state index contributed by atoms with van der Waals surface area (Å²) in [6.45, 7) is 0. The Hall–Kier alpha value is -2.04. The van der Waals surface area contributed by atoms with E-state index in [0.29, 0.717) is 27.7 Å². The molecule has 3 rings (SSSR count). The van der Waals surface area contributed by atoms with E-state index < -0.39 is 0 Å². The number of rotatable bonds is 2. The van der Waals surface area contributed by atoms with Crippen molar-refractivity contribution in [1.29, 1.82) is 0 Å². The van der Waals surface area contributed by atoms with E-state index in [1.807, 2.05) is 6.07 Å². The van der Waals surface area contributed by atoms with Crippen LogP contribution >= 0.6 is 23.2 Å². The predicted molar refractivity (Wildman–Crippen MR) is 88.0 cm³/mol. The van der Waals surface area contributed by atoms with Gasteiger partial charge in [0.05, 0.1) is 17.0 Å². The molecule has 0 fully saturated rings. The Morgan fingerprint density at radius 2 is 1.95 bits per heavy atom. The number of likely N-dealkylation sites (N-methyl/N-ethyl adjacent to an activating group) is 1. The fourth-order valence-corrected chi connectivity index (χ4v) is 2.91. The zero-order valence-corrected chi connectivity index (χ0v) is 13.2. The average Bonchev–Trinajstić information content (AvgIpc) is 2.73. The predicted octanol–water partition coefficient (Wildman–Crippen LogP) is 3.76. The first-order chi connectivity index (χ1) is 10.5. The zero-order valence-electron chi connectivity index (χ0n) is 11.7. The van der Waals surface area contributed by atoms with Gasteiger partial charge >= 0.3 is 0 Å². The van der Waals surface area contributed by atoms with E-state index >= 15 is 0 Å². The molecule has 1 N–H and O–H groups in total. The van der Waals surface area contributed by atoms with Gasteiger partial charge in [0.2, 0.25) is 5.91 Å². The van der Waals surface area contributed by atoms with Crippen molar-refractivity contribution < 1.29 is 9.59 Å². The van der Waals surface area contributed by atoms with E-state index in [2.05, 4.69) is 5.32 Å². The maximum atomic E-state index is 12.3. The van der Waals surface area contributed by atoms with Crippen LogP contribution in [0.2, 0.25) is 10.0 Å². The summed E-state index contributed by atoms with van der Waals surface area (Å²) in [5.41, 5.74) is 2.73. The number of nitrogens with zero attached hydrogens (tertiary/aromatic N) is 1. The molecule has 2 amide bonds. The minimum Gasteiger partial charge on any atom is -0.322 e. The normalized spacial score (nSPS) is 13.2. The highest BCUT2D eigenvalue weighted by molar-refractivity contribution is 6.37. The standard InChI is InChI=1S/C16H12Cl2N2O2/c1-20-14-5-3-11(6-9(14)7-15(20)21)19-16(22)12-4-2-10(17)8-13(12)18/h2-6,8H,7H2,1H3,(H,19,22). The number of anilines is 2. The molecule has 22 heavy (non-hydrogen) atoms. The summed E-state index contributed by atoms with van der Waals surface area (Å²) in [5.74, 6) is -0.279. The van der Waals surface area contributed by atoms with Gasteiger partial charge in [0.25, 0.3) is 5.91 Å². The molecule has 0 bridgehead atoms. The summed E-state index contributed by atoms with van der Waals surface area (Å²) >= 11 is 11.8. The molecule has 0 atom stereocenters. The molecule has 2 aromatic rings. The average molecular weight is 335 g/mol. The highest BCUT2D eigenvalue weighted by atomic mass is 35.5. The topological polar surface area (TPSA) is 49.4 Å². The number of benzene rings is 2. The highest BCUT2D eigenvalue weighted by Gasteiger charge is 2.24. The van der Waals surface area contributed by atoms with Crippen molar-refractivity contribution in [2.45, 2.75) is 6.42 Å². The van der Waals surface area contributed by atoms with Gasteiger partial charge in [0, 0.05) is 23.4 Å². The number of hydrogen-bond acceptors (Lipinski definition) is 2. The van der Waals surface area contributed by atoms with Crippen molar-refractivity contribution in [3.8, 4) is 0 Å². The Labute approximate surface area is 137 Å². The first-order valence-electron chi connectivity index (χ1n) is 6.61. The second-order valence-corrected chi connectivity index (χ2v) is 5.89. The largest absolute Gasteiger partial charge is 0.322 e. The fourth-order valence-electron chi connectivity index (χ4n) is 2.42. The van der Waals surface area contributed by atoms with Crippen LogP contribution in [0.3, 0.4) is 0 Å². The van der Waals surface area contributed by atoms with Crippen LogP contribution in [0.4, 0.5) is 11.4 Å². The first-order valence-corrected chi connectivity index (χ1v) is 7.37. The van der Waals surface area contributed by atoms with E-state index in [4.69, 9.17) is 23.2 Å². The third-order valence-electron chi connectivity index (χ3n) is 3.59. The van der Waals surface area contributed by atoms with Gasteiger partial charge in [0.1, 0.15) is 0 Å². The molecule has 2 aromatic carbocycles. The Kier molecular flexibility index (Phi) is 3.81. The summed E-state index contributed by atoms with van der Waals surface area (Å²) in [7, 11) is 1.74. The van der Waals surface area contributed by atoms with Gasteiger partial charge in [-0.3, -0.25) is 9.59 Å². The molecular formula is C16H12Cl2N2O2. The maximum Gasteiger partial charge on any atom is 0.257 e. The second kappa shape index (κ2) is 5.63. The molecular weight excluding hydrogens is 323 g/mol. The SMILES string of the molecule is CN1C(=O)Cc2cc(NC(=O)c3ccc(Cl)cc3Cl)ccc21. The number of nitrogens with one attached hydrogen (secondary N) is 1. The smallest absolute Gasteiger partial charge is 0.257 e. The summed E-state index contributed by atoms with van der Waals surface area (Å²) in [4.78, 5) is 25.5. The van der Waals surface area contributed by atoms with Crippen LogP contribution in [0.5, 0.6) is 0 Å². The van der Waals surface area contributed by atoms with Gasteiger partial charge in [-0.25, -0.2) is 0 Å². The number of hydrogen-bond donors (Lipinski definition) is 1. The first kappa shape index (κ1) is 14.9.